The van der Waals surface area contributed by atoms with Crippen molar-refractivity contribution in [3.63, 3.8) is 0 Å². The molecule has 0 amide bonds. The Kier molecular flexibility index (Phi) is 45.2. The van der Waals surface area contributed by atoms with Crippen LogP contribution in [-0.4, -0.2) is 64.8 Å². The molecule has 0 rings (SSSR count). The summed E-state index contributed by atoms with van der Waals surface area (Å²) in [5.74, 6) is 0. The summed E-state index contributed by atoms with van der Waals surface area (Å²) in [6.45, 7) is 18.0. The third-order valence-electron chi connectivity index (χ3n) is 9.74. The normalized spacial score (nSPS) is 13.4. The quantitative estimate of drug-likeness (QED) is 0.0346. The topological polar surface area (TPSA) is 64.6 Å². The average molecular weight is 783 g/mol. The van der Waals surface area contributed by atoms with E-state index in [2.05, 4.69) is 65.8 Å². The third-order valence-corrected chi connectivity index (χ3v) is 9.74. The van der Waals surface area contributed by atoms with E-state index in [1.54, 1.807) is 0 Å². The lowest BCUT2D eigenvalue weighted by molar-refractivity contribution is -0.208. The van der Waals surface area contributed by atoms with E-state index in [0.29, 0.717) is 13.2 Å². The van der Waals surface area contributed by atoms with E-state index in [1.807, 2.05) is 0 Å². The number of allylic oxidation sites excluding steroid dienone is 2. The molecule has 0 aromatic carbocycles. The second kappa shape index (κ2) is 45.9. The first-order valence-corrected chi connectivity index (χ1v) is 23.8. The minimum Gasteiger partial charge on any atom is -0.353 e. The molecule has 0 saturated heterocycles. The van der Waals surface area contributed by atoms with E-state index in [-0.39, 0.29) is 12.6 Å². The van der Waals surface area contributed by atoms with E-state index in [1.165, 1.54) is 89.9 Å². The Morgan fingerprint density at radius 3 is 0.927 bits per heavy atom. The number of hydrogen-bond acceptors (Lipinski definition) is 7. The Morgan fingerprint density at radius 2 is 0.600 bits per heavy atom. The van der Waals surface area contributed by atoms with Crippen LogP contribution < -0.4 is 0 Å². The van der Waals surface area contributed by atoms with Gasteiger partial charge in [0.15, 0.2) is 25.2 Å². The fourth-order valence-corrected chi connectivity index (χ4v) is 6.13. The van der Waals surface area contributed by atoms with Gasteiger partial charge in [-0.2, -0.15) is 0 Å². The zero-order chi connectivity index (χ0) is 40.1. The minimum atomic E-state index is -0.432. The lowest BCUT2D eigenvalue weighted by Crippen LogP contribution is -2.25. The summed E-state index contributed by atoms with van der Waals surface area (Å²) in [7, 11) is 0. The van der Waals surface area contributed by atoms with Crippen molar-refractivity contribution in [2.45, 2.75) is 246 Å². The molecule has 0 saturated carbocycles. The van der Waals surface area contributed by atoms with Gasteiger partial charge in [-0.25, -0.2) is 0 Å². The van der Waals surface area contributed by atoms with Crippen LogP contribution in [0.25, 0.3) is 0 Å². The van der Waals surface area contributed by atoms with Crippen molar-refractivity contribution in [2.24, 2.45) is 0 Å². The van der Waals surface area contributed by atoms with Crippen LogP contribution in [0.4, 0.5) is 0 Å². The first-order chi connectivity index (χ1) is 27.1. The van der Waals surface area contributed by atoms with E-state index < -0.39 is 12.6 Å². The van der Waals surface area contributed by atoms with Crippen LogP contribution in [0.2, 0.25) is 0 Å². The summed E-state index contributed by atoms with van der Waals surface area (Å²) in [6, 6.07) is 0. The Morgan fingerprint density at radius 1 is 0.309 bits per heavy atom. The van der Waals surface area contributed by atoms with E-state index >= 15 is 0 Å². The molecule has 328 valence electrons. The summed E-state index contributed by atoms with van der Waals surface area (Å²) < 4.78 is 43.7. The number of ether oxygens (including phenoxy) is 7. The number of unbranched alkanes of at least 4 members (excludes halogenated alkanes) is 18. The van der Waals surface area contributed by atoms with Crippen LogP contribution in [0.1, 0.15) is 221 Å². The molecule has 0 aliphatic carbocycles. The molecule has 0 N–H and O–H groups in total. The van der Waals surface area contributed by atoms with Crippen LogP contribution in [0.15, 0.2) is 24.3 Å². The SMILES string of the molecule is CCCCCCOC(C=CCCCCC(OCCCCC)OCCCCC)OC(C=CCCCCC(OCCCCC)OCCCCC)OCCCCCC. The summed E-state index contributed by atoms with van der Waals surface area (Å²) in [4.78, 5) is 0. The summed E-state index contributed by atoms with van der Waals surface area (Å²) >= 11 is 0. The van der Waals surface area contributed by atoms with Crippen molar-refractivity contribution in [3.8, 4) is 0 Å². The molecular formula is C48H94O7. The second-order valence-corrected chi connectivity index (χ2v) is 15.3. The van der Waals surface area contributed by atoms with Crippen LogP contribution in [0.3, 0.4) is 0 Å². The fraction of sp³-hybridized carbons (Fsp3) is 0.917. The van der Waals surface area contributed by atoms with Crippen molar-refractivity contribution < 1.29 is 33.2 Å². The largest absolute Gasteiger partial charge is 0.353 e. The van der Waals surface area contributed by atoms with Crippen molar-refractivity contribution >= 4 is 0 Å². The molecular weight excluding hydrogens is 689 g/mol. The zero-order valence-electron chi connectivity index (χ0n) is 37.5. The molecule has 0 spiro atoms. The highest BCUT2D eigenvalue weighted by molar-refractivity contribution is 4.90. The molecule has 0 heterocycles. The second-order valence-electron chi connectivity index (χ2n) is 15.3. The van der Waals surface area contributed by atoms with Crippen LogP contribution >= 0.6 is 0 Å². The van der Waals surface area contributed by atoms with Gasteiger partial charge in [-0.15, -0.1) is 0 Å². The van der Waals surface area contributed by atoms with Gasteiger partial charge in [0.05, 0.1) is 13.2 Å². The molecule has 0 radical (unpaired) electrons. The smallest absolute Gasteiger partial charge is 0.180 e. The van der Waals surface area contributed by atoms with Gasteiger partial charge in [0.25, 0.3) is 0 Å². The van der Waals surface area contributed by atoms with Crippen molar-refractivity contribution in [2.75, 3.05) is 39.6 Å². The van der Waals surface area contributed by atoms with Gasteiger partial charge >= 0.3 is 0 Å². The van der Waals surface area contributed by atoms with Gasteiger partial charge in [0.1, 0.15) is 0 Å². The summed E-state index contributed by atoms with van der Waals surface area (Å²) in [5.41, 5.74) is 0. The molecule has 0 bridgehead atoms. The highest BCUT2D eigenvalue weighted by Crippen LogP contribution is 2.16. The van der Waals surface area contributed by atoms with Gasteiger partial charge in [0.2, 0.25) is 0 Å². The van der Waals surface area contributed by atoms with Crippen LogP contribution in [0.5, 0.6) is 0 Å². The summed E-state index contributed by atoms with van der Waals surface area (Å²) in [6.07, 6.45) is 39.2. The van der Waals surface area contributed by atoms with Gasteiger partial charge in [-0.05, 0) is 102 Å². The standard InChI is InChI=1S/C48H94O7/c1-7-13-19-33-43-53-47(37-27-23-21-25-35-45(49-39-29-15-9-3)50-40-30-16-10-4)55-48(54-44-34-20-14-8-2)38-28-24-22-26-36-46(51-41-31-17-11-5)52-42-32-18-12-6/h27-28,37-38,45-48H,7-26,29-36,39-44H2,1-6H3. The van der Waals surface area contributed by atoms with E-state index in [4.69, 9.17) is 33.2 Å². The van der Waals surface area contributed by atoms with Gasteiger partial charge in [0, 0.05) is 26.4 Å². The lowest BCUT2D eigenvalue weighted by Gasteiger charge is -2.22. The number of rotatable bonds is 46. The maximum atomic E-state index is 6.51. The average Bonchev–Trinajstić information content (AvgIpc) is 3.19. The lowest BCUT2D eigenvalue weighted by atomic mass is 10.1. The fourth-order valence-electron chi connectivity index (χ4n) is 6.13. The molecule has 7 heteroatoms. The molecule has 0 fully saturated rings. The Hall–Kier alpha value is -0.800. The Bertz CT molecular complexity index is 689. The van der Waals surface area contributed by atoms with E-state index in [0.717, 1.165) is 116 Å². The molecule has 0 aromatic heterocycles. The molecule has 0 aliphatic heterocycles. The number of hydrogen-bond donors (Lipinski definition) is 0. The predicted molar refractivity (Wildman–Crippen MR) is 234 cm³/mol. The Labute approximate surface area is 342 Å². The van der Waals surface area contributed by atoms with Gasteiger partial charge in [-0.3, -0.25) is 0 Å². The molecule has 2 atom stereocenters. The van der Waals surface area contributed by atoms with Crippen molar-refractivity contribution in [1.29, 1.82) is 0 Å². The maximum Gasteiger partial charge on any atom is 0.180 e. The first kappa shape index (κ1) is 54.2. The molecule has 0 aromatic rings. The first-order valence-electron chi connectivity index (χ1n) is 23.8. The third kappa shape index (κ3) is 39.8. The molecule has 0 aliphatic rings. The van der Waals surface area contributed by atoms with E-state index in [9.17, 15) is 0 Å². The highest BCUT2D eigenvalue weighted by Gasteiger charge is 2.15. The van der Waals surface area contributed by atoms with Gasteiger partial charge < -0.3 is 33.2 Å². The maximum absolute atomic E-state index is 6.51. The van der Waals surface area contributed by atoms with Crippen molar-refractivity contribution in [3.05, 3.63) is 24.3 Å². The summed E-state index contributed by atoms with van der Waals surface area (Å²) in [5, 5.41) is 0. The predicted octanol–water partition coefficient (Wildman–Crippen LogP) is 14.6. The van der Waals surface area contributed by atoms with Crippen molar-refractivity contribution in [1.82, 2.24) is 0 Å². The van der Waals surface area contributed by atoms with Gasteiger partial charge in [-0.1, -0.05) is 144 Å². The molecule has 7 nitrogen and oxygen atoms in total. The molecule has 2 unspecified atom stereocenters. The zero-order valence-corrected chi connectivity index (χ0v) is 37.5. The Balaban J connectivity index is 5.21. The highest BCUT2D eigenvalue weighted by atomic mass is 16.8. The monoisotopic (exact) mass is 783 g/mol. The van der Waals surface area contributed by atoms with Crippen LogP contribution in [0, 0.1) is 0 Å². The van der Waals surface area contributed by atoms with Crippen LogP contribution in [-0.2, 0) is 33.2 Å². The molecule has 55 heavy (non-hydrogen) atoms. The minimum absolute atomic E-state index is 0.0866.